The second kappa shape index (κ2) is 10.2. The number of likely N-dealkylation sites (N-methyl/N-ethyl adjacent to an activating group) is 1. The van der Waals surface area contributed by atoms with Crippen molar-refractivity contribution >= 4 is 36.0 Å². The summed E-state index contributed by atoms with van der Waals surface area (Å²) in [5, 5.41) is 3.59. The molecule has 138 valence electrons. The van der Waals surface area contributed by atoms with Gasteiger partial charge in [-0.05, 0) is 44.8 Å². The van der Waals surface area contributed by atoms with Gasteiger partial charge in [0.25, 0.3) is 0 Å². The Bertz CT molecular complexity index is 575. The highest BCUT2D eigenvalue weighted by molar-refractivity contribution is 14.0. The molecule has 0 spiro atoms. The van der Waals surface area contributed by atoms with Crippen molar-refractivity contribution in [3.63, 3.8) is 0 Å². The normalized spacial score (nSPS) is 21.8. The topological polar surface area (TPSA) is 30.9 Å². The Morgan fingerprint density at radius 2 is 1.92 bits per heavy atom. The van der Waals surface area contributed by atoms with Gasteiger partial charge in [0.1, 0.15) is 0 Å². The van der Waals surface area contributed by atoms with Gasteiger partial charge in [-0.15, -0.1) is 24.0 Å². The number of hydrogen-bond donors (Lipinski definition) is 1. The smallest absolute Gasteiger partial charge is 0.193 e. The molecule has 2 aliphatic rings. The maximum absolute atomic E-state index is 4.50. The standard InChI is InChI=1S/C20H30N4.HI/c1-21-20(22-16-19-9-6-12-23(19)2)24-13-10-18(11-14-24)15-17-7-4-3-5-8-17;/h3-5,7-8,15,19H,6,9-14,16H2,1-2H3,(H,21,22);1H. The summed E-state index contributed by atoms with van der Waals surface area (Å²) in [7, 11) is 4.12. The zero-order valence-electron chi connectivity index (χ0n) is 15.4. The lowest BCUT2D eigenvalue weighted by Crippen LogP contribution is -2.48. The van der Waals surface area contributed by atoms with E-state index >= 15 is 0 Å². The van der Waals surface area contributed by atoms with Crippen molar-refractivity contribution < 1.29 is 0 Å². The van der Waals surface area contributed by atoms with E-state index in [0.717, 1.165) is 38.4 Å². The molecule has 2 aliphatic heterocycles. The molecule has 0 radical (unpaired) electrons. The molecule has 0 aliphatic carbocycles. The number of benzene rings is 1. The van der Waals surface area contributed by atoms with E-state index in [2.05, 4.69) is 63.6 Å². The van der Waals surface area contributed by atoms with E-state index in [9.17, 15) is 0 Å². The van der Waals surface area contributed by atoms with Crippen LogP contribution < -0.4 is 5.32 Å². The molecular weight excluding hydrogens is 423 g/mol. The van der Waals surface area contributed by atoms with Crippen LogP contribution in [0.1, 0.15) is 31.2 Å². The zero-order chi connectivity index (χ0) is 16.8. The summed E-state index contributed by atoms with van der Waals surface area (Å²) in [6.45, 7) is 4.34. The molecule has 2 fully saturated rings. The van der Waals surface area contributed by atoms with Crippen LogP contribution in [0.15, 0.2) is 40.9 Å². The minimum Gasteiger partial charge on any atom is -0.355 e. The van der Waals surface area contributed by atoms with Crippen LogP contribution in [-0.2, 0) is 0 Å². The molecule has 0 aromatic heterocycles. The summed E-state index contributed by atoms with van der Waals surface area (Å²) in [6.07, 6.45) is 7.21. The number of guanidine groups is 1. The molecule has 0 bridgehead atoms. The van der Waals surface area contributed by atoms with Gasteiger partial charge in [0.2, 0.25) is 0 Å². The highest BCUT2D eigenvalue weighted by atomic mass is 127. The highest BCUT2D eigenvalue weighted by Crippen LogP contribution is 2.20. The summed E-state index contributed by atoms with van der Waals surface area (Å²) < 4.78 is 0. The number of rotatable bonds is 3. The van der Waals surface area contributed by atoms with Crippen LogP contribution >= 0.6 is 24.0 Å². The van der Waals surface area contributed by atoms with Crippen molar-refractivity contribution in [1.29, 1.82) is 0 Å². The van der Waals surface area contributed by atoms with E-state index in [0.29, 0.717) is 6.04 Å². The number of nitrogens with zero attached hydrogens (tertiary/aromatic N) is 3. The molecule has 2 heterocycles. The fourth-order valence-electron chi connectivity index (χ4n) is 3.71. The van der Waals surface area contributed by atoms with E-state index < -0.39 is 0 Å². The molecule has 1 atom stereocenters. The van der Waals surface area contributed by atoms with Crippen molar-refractivity contribution in [2.45, 2.75) is 31.7 Å². The lowest BCUT2D eigenvalue weighted by atomic mass is 10.0. The molecule has 0 amide bonds. The first-order valence-electron chi connectivity index (χ1n) is 9.16. The van der Waals surface area contributed by atoms with Crippen LogP contribution in [0.2, 0.25) is 0 Å². The lowest BCUT2D eigenvalue weighted by Gasteiger charge is -2.32. The van der Waals surface area contributed by atoms with E-state index in [1.54, 1.807) is 5.57 Å². The number of likely N-dealkylation sites (tertiary alicyclic amines) is 2. The molecule has 2 saturated heterocycles. The van der Waals surface area contributed by atoms with E-state index in [-0.39, 0.29) is 24.0 Å². The molecular formula is C20H31IN4. The number of nitrogens with one attached hydrogen (secondary N) is 1. The Kier molecular flexibility index (Phi) is 8.22. The fraction of sp³-hybridized carbons (Fsp3) is 0.550. The summed E-state index contributed by atoms with van der Waals surface area (Å²) in [5.41, 5.74) is 2.86. The second-order valence-corrected chi connectivity index (χ2v) is 6.91. The summed E-state index contributed by atoms with van der Waals surface area (Å²) in [6, 6.07) is 11.3. The number of halogens is 1. The quantitative estimate of drug-likeness (QED) is 0.431. The van der Waals surface area contributed by atoms with Crippen molar-refractivity contribution in [2.24, 2.45) is 4.99 Å². The minimum atomic E-state index is 0. The number of hydrogen-bond acceptors (Lipinski definition) is 2. The Hall–Kier alpha value is -1.08. The van der Waals surface area contributed by atoms with Gasteiger partial charge < -0.3 is 15.1 Å². The predicted octanol–water partition coefficient (Wildman–Crippen LogP) is 3.45. The van der Waals surface area contributed by atoms with Crippen molar-refractivity contribution in [1.82, 2.24) is 15.1 Å². The van der Waals surface area contributed by atoms with Gasteiger partial charge in [-0.25, -0.2) is 0 Å². The third-order valence-electron chi connectivity index (χ3n) is 5.25. The molecule has 3 rings (SSSR count). The maximum atomic E-state index is 4.50. The highest BCUT2D eigenvalue weighted by Gasteiger charge is 2.22. The van der Waals surface area contributed by atoms with Crippen LogP contribution in [0, 0.1) is 0 Å². The van der Waals surface area contributed by atoms with Gasteiger partial charge >= 0.3 is 0 Å². The third kappa shape index (κ3) is 5.71. The average molecular weight is 454 g/mol. The molecule has 1 unspecified atom stereocenters. The molecule has 4 nitrogen and oxygen atoms in total. The van der Waals surface area contributed by atoms with Gasteiger partial charge in [0.15, 0.2) is 5.96 Å². The maximum Gasteiger partial charge on any atom is 0.193 e. The zero-order valence-corrected chi connectivity index (χ0v) is 17.8. The number of aliphatic imine (C=N–C) groups is 1. The Labute approximate surface area is 169 Å². The van der Waals surface area contributed by atoms with Gasteiger partial charge in [0, 0.05) is 32.7 Å². The second-order valence-electron chi connectivity index (χ2n) is 6.91. The van der Waals surface area contributed by atoms with E-state index in [4.69, 9.17) is 0 Å². The molecule has 0 saturated carbocycles. The van der Waals surface area contributed by atoms with Crippen molar-refractivity contribution in [3.8, 4) is 0 Å². The first-order valence-corrected chi connectivity index (χ1v) is 9.16. The van der Waals surface area contributed by atoms with Gasteiger partial charge in [-0.2, -0.15) is 0 Å². The van der Waals surface area contributed by atoms with Crippen LogP contribution in [0.3, 0.4) is 0 Å². The van der Waals surface area contributed by atoms with Crippen LogP contribution in [0.25, 0.3) is 6.08 Å². The first-order chi connectivity index (χ1) is 11.8. The summed E-state index contributed by atoms with van der Waals surface area (Å²) in [4.78, 5) is 9.36. The average Bonchev–Trinajstić information content (AvgIpc) is 3.03. The monoisotopic (exact) mass is 454 g/mol. The number of piperidine rings is 1. The van der Waals surface area contributed by atoms with Crippen LogP contribution in [-0.4, -0.2) is 62.1 Å². The van der Waals surface area contributed by atoms with Crippen LogP contribution in [0.5, 0.6) is 0 Å². The third-order valence-corrected chi connectivity index (χ3v) is 5.25. The summed E-state index contributed by atoms with van der Waals surface area (Å²) >= 11 is 0. The van der Waals surface area contributed by atoms with Crippen molar-refractivity contribution in [2.75, 3.05) is 40.3 Å². The lowest BCUT2D eigenvalue weighted by molar-refractivity contribution is 0.303. The molecule has 1 N–H and O–H groups in total. The van der Waals surface area contributed by atoms with E-state index in [1.807, 2.05) is 7.05 Å². The Balaban J connectivity index is 0.00000225. The Morgan fingerprint density at radius 3 is 2.52 bits per heavy atom. The fourth-order valence-corrected chi connectivity index (χ4v) is 3.71. The predicted molar refractivity (Wildman–Crippen MR) is 118 cm³/mol. The summed E-state index contributed by atoms with van der Waals surface area (Å²) in [5.74, 6) is 1.06. The molecule has 1 aromatic rings. The Morgan fingerprint density at radius 1 is 1.20 bits per heavy atom. The van der Waals surface area contributed by atoms with Gasteiger partial charge in [0.05, 0.1) is 0 Å². The minimum absolute atomic E-state index is 0. The molecule has 25 heavy (non-hydrogen) atoms. The largest absolute Gasteiger partial charge is 0.355 e. The van der Waals surface area contributed by atoms with Gasteiger partial charge in [-0.3, -0.25) is 4.99 Å². The van der Waals surface area contributed by atoms with Gasteiger partial charge in [-0.1, -0.05) is 42.0 Å². The molecule has 1 aromatic carbocycles. The first kappa shape index (κ1) is 20.2. The molecule has 5 heteroatoms. The van der Waals surface area contributed by atoms with E-state index in [1.165, 1.54) is 24.9 Å². The van der Waals surface area contributed by atoms with Crippen molar-refractivity contribution in [3.05, 3.63) is 41.5 Å². The van der Waals surface area contributed by atoms with Crippen LogP contribution in [0.4, 0.5) is 0 Å². The SMILES string of the molecule is CN=C(NCC1CCCN1C)N1CCC(=Cc2ccccc2)CC1.I.